The molecule has 1 aromatic rings. The van der Waals surface area contributed by atoms with Crippen molar-refractivity contribution < 1.29 is 9.47 Å². The number of methoxy groups -OCH3 is 2. The van der Waals surface area contributed by atoms with Crippen LogP contribution in [0.3, 0.4) is 0 Å². The molecule has 0 aliphatic rings. The summed E-state index contributed by atoms with van der Waals surface area (Å²) in [6.45, 7) is 4.31. The average Bonchev–Trinajstić information content (AvgIpc) is 2.39. The fourth-order valence-corrected chi connectivity index (χ4v) is 2.57. The first-order valence-corrected chi connectivity index (χ1v) is 7.14. The van der Waals surface area contributed by atoms with Crippen molar-refractivity contribution in [1.29, 1.82) is 0 Å². The van der Waals surface area contributed by atoms with Crippen LogP contribution in [0.1, 0.15) is 25.3 Å². The maximum absolute atomic E-state index is 5.45. The van der Waals surface area contributed by atoms with Crippen molar-refractivity contribution in [3.63, 3.8) is 0 Å². The number of ether oxygens (including phenoxy) is 2. The van der Waals surface area contributed by atoms with Gasteiger partial charge in [-0.05, 0) is 59.9 Å². The second-order valence-corrected chi connectivity index (χ2v) is 4.92. The lowest BCUT2D eigenvalue weighted by Crippen LogP contribution is -2.16. The summed E-state index contributed by atoms with van der Waals surface area (Å²) in [7, 11) is 3.35. The van der Waals surface area contributed by atoms with E-state index < -0.39 is 0 Å². The van der Waals surface area contributed by atoms with E-state index in [4.69, 9.17) is 9.47 Å². The molecule has 0 bridgehead atoms. The van der Waals surface area contributed by atoms with Gasteiger partial charge >= 0.3 is 0 Å². The number of rotatable bonds is 8. The first-order chi connectivity index (χ1) is 8.74. The molecular weight excluding hydrogens is 294 g/mol. The minimum absolute atomic E-state index is 0.805. The van der Waals surface area contributed by atoms with Gasteiger partial charge in [-0.1, -0.05) is 13.0 Å². The number of hydrogen-bond donors (Lipinski definition) is 1. The van der Waals surface area contributed by atoms with E-state index in [9.17, 15) is 0 Å². The molecule has 102 valence electrons. The van der Waals surface area contributed by atoms with E-state index in [1.54, 1.807) is 14.2 Å². The predicted molar refractivity (Wildman–Crippen MR) is 78.7 cm³/mol. The smallest absolute Gasteiger partial charge is 0.139 e. The molecule has 18 heavy (non-hydrogen) atoms. The van der Waals surface area contributed by atoms with Gasteiger partial charge in [0.25, 0.3) is 0 Å². The summed E-state index contributed by atoms with van der Waals surface area (Å²) in [5.41, 5.74) is 1.21. The van der Waals surface area contributed by atoms with Crippen molar-refractivity contribution in [3.8, 4) is 11.5 Å². The summed E-state index contributed by atoms with van der Waals surface area (Å²) in [5, 5.41) is 3.40. The summed E-state index contributed by atoms with van der Waals surface area (Å²) >= 11 is 3.52. The van der Waals surface area contributed by atoms with E-state index in [0.29, 0.717) is 0 Å². The number of halogens is 1. The molecule has 3 nitrogen and oxygen atoms in total. The normalized spacial score (nSPS) is 10.4. The number of aryl methyl sites for hydroxylation is 1. The largest absolute Gasteiger partial charge is 0.495 e. The Kier molecular flexibility index (Phi) is 7.13. The third-order valence-corrected chi connectivity index (χ3v) is 3.54. The number of hydrogen-bond acceptors (Lipinski definition) is 3. The van der Waals surface area contributed by atoms with Crippen LogP contribution in [-0.2, 0) is 6.42 Å². The lowest BCUT2D eigenvalue weighted by atomic mass is 10.1. The maximum Gasteiger partial charge on any atom is 0.139 e. The Morgan fingerprint density at radius 2 is 1.94 bits per heavy atom. The van der Waals surface area contributed by atoms with Gasteiger partial charge in [-0.2, -0.15) is 0 Å². The molecule has 1 N–H and O–H groups in total. The van der Waals surface area contributed by atoms with Crippen LogP contribution >= 0.6 is 15.9 Å². The average molecular weight is 316 g/mol. The molecule has 1 rings (SSSR count). The Labute approximate surface area is 118 Å². The van der Waals surface area contributed by atoms with Gasteiger partial charge in [-0.3, -0.25) is 0 Å². The molecule has 0 heterocycles. The van der Waals surface area contributed by atoms with Gasteiger partial charge in [-0.15, -0.1) is 0 Å². The highest BCUT2D eigenvalue weighted by molar-refractivity contribution is 9.10. The highest BCUT2D eigenvalue weighted by Crippen LogP contribution is 2.37. The van der Waals surface area contributed by atoms with Crippen LogP contribution in [0, 0.1) is 0 Å². The van der Waals surface area contributed by atoms with Crippen LogP contribution in [0.5, 0.6) is 11.5 Å². The van der Waals surface area contributed by atoms with Crippen molar-refractivity contribution in [3.05, 3.63) is 22.2 Å². The van der Waals surface area contributed by atoms with Gasteiger partial charge in [-0.25, -0.2) is 0 Å². The molecule has 0 fully saturated rings. The van der Waals surface area contributed by atoms with Crippen molar-refractivity contribution in [2.75, 3.05) is 27.3 Å². The first-order valence-electron chi connectivity index (χ1n) is 6.34. The van der Waals surface area contributed by atoms with Crippen molar-refractivity contribution in [2.24, 2.45) is 0 Å². The topological polar surface area (TPSA) is 30.5 Å². The van der Waals surface area contributed by atoms with E-state index in [1.807, 2.05) is 6.07 Å². The molecule has 0 amide bonds. The van der Waals surface area contributed by atoms with Gasteiger partial charge in [0, 0.05) is 0 Å². The second kappa shape index (κ2) is 8.38. The van der Waals surface area contributed by atoms with Crippen molar-refractivity contribution >= 4 is 15.9 Å². The van der Waals surface area contributed by atoms with E-state index >= 15 is 0 Å². The molecule has 0 aliphatic heterocycles. The molecule has 0 saturated heterocycles. The van der Waals surface area contributed by atoms with Crippen LogP contribution in [-0.4, -0.2) is 27.3 Å². The Hall–Kier alpha value is -0.740. The van der Waals surface area contributed by atoms with Gasteiger partial charge in [0.2, 0.25) is 0 Å². The van der Waals surface area contributed by atoms with Crippen LogP contribution in [0.4, 0.5) is 0 Å². The SMILES string of the molecule is CCCNCCCc1ccc(OC)c(Br)c1OC. The van der Waals surface area contributed by atoms with Gasteiger partial charge in [0.1, 0.15) is 16.0 Å². The Morgan fingerprint density at radius 1 is 1.17 bits per heavy atom. The summed E-state index contributed by atoms with van der Waals surface area (Å²) < 4.78 is 11.6. The minimum Gasteiger partial charge on any atom is -0.495 e. The van der Waals surface area contributed by atoms with E-state index in [1.165, 1.54) is 12.0 Å². The molecule has 0 saturated carbocycles. The van der Waals surface area contributed by atoms with Gasteiger partial charge in [0.15, 0.2) is 0 Å². The lowest BCUT2D eigenvalue weighted by Gasteiger charge is -2.13. The fraction of sp³-hybridized carbons (Fsp3) is 0.571. The van der Waals surface area contributed by atoms with Crippen LogP contribution in [0.15, 0.2) is 16.6 Å². The van der Waals surface area contributed by atoms with Crippen LogP contribution in [0.2, 0.25) is 0 Å². The summed E-state index contributed by atoms with van der Waals surface area (Å²) in [6.07, 6.45) is 3.29. The molecule has 0 atom stereocenters. The number of benzene rings is 1. The Balaban J connectivity index is 2.62. The summed E-state index contributed by atoms with van der Waals surface area (Å²) in [4.78, 5) is 0. The lowest BCUT2D eigenvalue weighted by molar-refractivity contribution is 0.385. The molecule has 0 radical (unpaired) electrons. The standard InChI is InChI=1S/C14H22BrNO2/c1-4-9-16-10-5-6-11-7-8-12(17-2)13(15)14(11)18-3/h7-8,16H,4-6,9-10H2,1-3H3. The predicted octanol–water partition coefficient (Wildman–Crippen LogP) is 3.40. The fourth-order valence-electron chi connectivity index (χ4n) is 1.86. The third kappa shape index (κ3) is 4.18. The van der Waals surface area contributed by atoms with Crippen molar-refractivity contribution in [1.82, 2.24) is 5.32 Å². The first kappa shape index (κ1) is 15.3. The summed E-state index contributed by atoms with van der Waals surface area (Å²) in [5.74, 6) is 1.68. The highest BCUT2D eigenvalue weighted by Gasteiger charge is 2.11. The minimum atomic E-state index is 0.805. The maximum atomic E-state index is 5.45. The molecule has 0 spiro atoms. The molecule has 1 aromatic carbocycles. The Bertz CT molecular complexity index is 369. The van der Waals surface area contributed by atoms with Gasteiger partial charge in [0.05, 0.1) is 14.2 Å². The van der Waals surface area contributed by atoms with E-state index in [2.05, 4.69) is 34.2 Å². The Morgan fingerprint density at radius 3 is 2.56 bits per heavy atom. The van der Waals surface area contributed by atoms with Crippen LogP contribution in [0.25, 0.3) is 0 Å². The second-order valence-electron chi connectivity index (χ2n) is 4.13. The van der Waals surface area contributed by atoms with E-state index in [0.717, 1.165) is 41.9 Å². The number of nitrogens with one attached hydrogen (secondary N) is 1. The quantitative estimate of drug-likeness (QED) is 0.746. The monoisotopic (exact) mass is 315 g/mol. The molecule has 4 heteroatoms. The van der Waals surface area contributed by atoms with Crippen LogP contribution < -0.4 is 14.8 Å². The van der Waals surface area contributed by atoms with Gasteiger partial charge < -0.3 is 14.8 Å². The van der Waals surface area contributed by atoms with E-state index in [-0.39, 0.29) is 0 Å². The van der Waals surface area contributed by atoms with Crippen molar-refractivity contribution in [2.45, 2.75) is 26.2 Å². The molecular formula is C14H22BrNO2. The summed E-state index contributed by atoms with van der Waals surface area (Å²) in [6, 6.07) is 4.05. The zero-order valence-corrected chi connectivity index (χ0v) is 13.0. The molecule has 0 unspecified atom stereocenters. The molecule has 0 aromatic heterocycles. The zero-order chi connectivity index (χ0) is 13.4. The highest BCUT2D eigenvalue weighted by atomic mass is 79.9. The molecule has 0 aliphatic carbocycles. The third-order valence-electron chi connectivity index (χ3n) is 2.79. The zero-order valence-electron chi connectivity index (χ0n) is 11.4.